The van der Waals surface area contributed by atoms with Crippen LogP contribution in [0.5, 0.6) is 0 Å². The van der Waals surface area contributed by atoms with E-state index in [9.17, 15) is 0 Å². The molecule has 0 atom stereocenters. The highest BCUT2D eigenvalue weighted by Crippen LogP contribution is 2.18. The van der Waals surface area contributed by atoms with E-state index in [0.29, 0.717) is 0 Å². The predicted octanol–water partition coefficient (Wildman–Crippen LogP) is 4.23. The van der Waals surface area contributed by atoms with Crippen LogP contribution < -0.4 is 0 Å². The Labute approximate surface area is 112 Å². The van der Waals surface area contributed by atoms with Crippen LogP contribution in [-0.2, 0) is 0 Å². The van der Waals surface area contributed by atoms with E-state index >= 15 is 0 Å². The molecule has 0 saturated carbocycles. The zero-order chi connectivity index (χ0) is 13.1. The molecule has 1 aromatic heterocycles. The Morgan fingerprint density at radius 2 is 1.56 bits per heavy atom. The first kappa shape index (κ1) is 12.8. The zero-order valence-electron chi connectivity index (χ0n) is 10.7. The van der Waals surface area contributed by atoms with Crippen LogP contribution >= 0.6 is 11.6 Å². The van der Waals surface area contributed by atoms with Gasteiger partial charge in [0.1, 0.15) is 0 Å². The van der Waals surface area contributed by atoms with Crippen LogP contribution in [0, 0.1) is 20.8 Å². The van der Waals surface area contributed by atoms with Crippen LogP contribution in [0.15, 0.2) is 24.3 Å². The molecule has 0 amide bonds. The molecule has 92 valence electrons. The molecule has 1 heterocycles. The lowest BCUT2D eigenvalue weighted by Gasteiger charge is -2.04. The van der Waals surface area contributed by atoms with Gasteiger partial charge >= 0.3 is 0 Å². The number of hydrogen-bond acceptors (Lipinski definition) is 2. The maximum Gasteiger partial charge on any atom is 0.0845 e. The minimum absolute atomic E-state index is 0.739. The Kier molecular flexibility index (Phi) is 3.78. The molecule has 0 aliphatic carbocycles. The Hall–Kier alpha value is -1.67. The smallest absolute Gasteiger partial charge is 0.0845 e. The fourth-order valence-corrected chi connectivity index (χ4v) is 1.87. The van der Waals surface area contributed by atoms with Crippen LogP contribution in [0.4, 0.5) is 0 Å². The lowest BCUT2D eigenvalue weighted by Crippen LogP contribution is -1.98. The average molecular weight is 259 g/mol. The highest BCUT2D eigenvalue weighted by atomic mass is 35.5. The standard InChI is InChI=1S/C15H15ClN2/c1-10-11(2)18-15(12(3)17-10)9-8-13-6-4-5-7-14(13)16/h4-9H,1-3H3/b9-8+. The molecule has 1 aromatic carbocycles. The molecule has 18 heavy (non-hydrogen) atoms. The second-order valence-corrected chi connectivity index (χ2v) is 4.63. The maximum atomic E-state index is 6.10. The molecule has 0 spiro atoms. The lowest BCUT2D eigenvalue weighted by atomic mass is 10.2. The third-order valence-corrected chi connectivity index (χ3v) is 3.19. The highest BCUT2D eigenvalue weighted by molar-refractivity contribution is 6.32. The first-order valence-corrected chi connectivity index (χ1v) is 6.20. The van der Waals surface area contributed by atoms with Crippen molar-refractivity contribution in [3.05, 3.63) is 57.6 Å². The molecular weight excluding hydrogens is 244 g/mol. The number of benzene rings is 1. The number of hydrogen-bond donors (Lipinski definition) is 0. The topological polar surface area (TPSA) is 25.8 Å². The molecule has 2 rings (SSSR count). The summed E-state index contributed by atoms with van der Waals surface area (Å²) in [7, 11) is 0. The van der Waals surface area contributed by atoms with Crippen LogP contribution in [0.2, 0.25) is 5.02 Å². The van der Waals surface area contributed by atoms with Crippen molar-refractivity contribution in [2.24, 2.45) is 0 Å². The summed E-state index contributed by atoms with van der Waals surface area (Å²) in [5.41, 5.74) is 4.74. The first-order chi connectivity index (χ1) is 8.58. The van der Waals surface area contributed by atoms with Crippen LogP contribution in [0.3, 0.4) is 0 Å². The molecule has 0 aliphatic rings. The van der Waals surface area contributed by atoms with E-state index in [1.54, 1.807) is 0 Å². The second kappa shape index (κ2) is 5.32. The molecule has 0 aliphatic heterocycles. The monoisotopic (exact) mass is 258 g/mol. The van der Waals surface area contributed by atoms with E-state index in [1.807, 2.05) is 57.2 Å². The molecule has 2 nitrogen and oxygen atoms in total. The molecule has 0 saturated heterocycles. The normalized spacial score (nSPS) is 11.1. The molecule has 3 heteroatoms. The largest absolute Gasteiger partial charge is 0.254 e. The molecule has 0 unspecified atom stereocenters. The summed E-state index contributed by atoms with van der Waals surface area (Å²) >= 11 is 6.10. The van der Waals surface area contributed by atoms with Gasteiger partial charge < -0.3 is 0 Å². The van der Waals surface area contributed by atoms with Gasteiger partial charge in [0.2, 0.25) is 0 Å². The molecule has 0 radical (unpaired) electrons. The van der Waals surface area contributed by atoms with Crippen molar-refractivity contribution in [3.63, 3.8) is 0 Å². The summed E-state index contributed by atoms with van der Waals surface area (Å²) in [6.45, 7) is 5.90. The van der Waals surface area contributed by atoms with E-state index in [2.05, 4.69) is 9.97 Å². The van der Waals surface area contributed by atoms with Crippen LogP contribution in [-0.4, -0.2) is 9.97 Å². The van der Waals surface area contributed by atoms with Gasteiger partial charge in [-0.3, -0.25) is 4.98 Å². The summed E-state index contributed by atoms with van der Waals surface area (Å²) in [5, 5.41) is 0.739. The van der Waals surface area contributed by atoms with Gasteiger partial charge in [-0.2, -0.15) is 0 Å². The molecule has 0 bridgehead atoms. The summed E-state index contributed by atoms with van der Waals surface area (Å²) < 4.78 is 0. The predicted molar refractivity (Wildman–Crippen MR) is 76.6 cm³/mol. The van der Waals surface area contributed by atoms with E-state index in [1.165, 1.54) is 0 Å². The molecule has 0 fully saturated rings. The van der Waals surface area contributed by atoms with Crippen molar-refractivity contribution in [3.8, 4) is 0 Å². The van der Waals surface area contributed by atoms with Crippen molar-refractivity contribution >= 4 is 23.8 Å². The number of halogens is 1. The van der Waals surface area contributed by atoms with Gasteiger partial charge in [-0.25, -0.2) is 4.98 Å². The van der Waals surface area contributed by atoms with Crippen LogP contribution in [0.25, 0.3) is 12.2 Å². The van der Waals surface area contributed by atoms with Gasteiger partial charge in [0, 0.05) is 5.02 Å². The van der Waals surface area contributed by atoms with Crippen molar-refractivity contribution in [1.29, 1.82) is 0 Å². The molecule has 0 N–H and O–H groups in total. The van der Waals surface area contributed by atoms with E-state index in [4.69, 9.17) is 11.6 Å². The van der Waals surface area contributed by atoms with E-state index in [0.717, 1.165) is 33.4 Å². The van der Waals surface area contributed by atoms with Crippen molar-refractivity contribution < 1.29 is 0 Å². The van der Waals surface area contributed by atoms with Crippen LogP contribution in [0.1, 0.15) is 28.3 Å². The summed E-state index contributed by atoms with van der Waals surface area (Å²) in [6.07, 6.45) is 3.92. The highest BCUT2D eigenvalue weighted by Gasteiger charge is 2.02. The third-order valence-electron chi connectivity index (χ3n) is 2.84. The number of aryl methyl sites for hydroxylation is 3. The first-order valence-electron chi connectivity index (χ1n) is 5.82. The number of aromatic nitrogens is 2. The van der Waals surface area contributed by atoms with Gasteiger partial charge in [-0.15, -0.1) is 0 Å². The second-order valence-electron chi connectivity index (χ2n) is 4.22. The van der Waals surface area contributed by atoms with Gasteiger partial charge in [0.05, 0.1) is 22.8 Å². The van der Waals surface area contributed by atoms with Gasteiger partial charge in [-0.1, -0.05) is 35.9 Å². The Morgan fingerprint density at radius 1 is 0.889 bits per heavy atom. The number of nitrogens with zero attached hydrogens (tertiary/aromatic N) is 2. The molecular formula is C15H15ClN2. The lowest BCUT2D eigenvalue weighted by molar-refractivity contribution is 0.991. The fourth-order valence-electron chi connectivity index (χ4n) is 1.67. The van der Waals surface area contributed by atoms with Crippen molar-refractivity contribution in [2.45, 2.75) is 20.8 Å². The van der Waals surface area contributed by atoms with Gasteiger partial charge in [0.25, 0.3) is 0 Å². The summed E-state index contributed by atoms with van der Waals surface area (Å²) in [6, 6.07) is 7.73. The minimum Gasteiger partial charge on any atom is -0.254 e. The van der Waals surface area contributed by atoms with E-state index < -0.39 is 0 Å². The molecule has 2 aromatic rings. The van der Waals surface area contributed by atoms with Gasteiger partial charge in [-0.05, 0) is 38.5 Å². The minimum atomic E-state index is 0.739. The van der Waals surface area contributed by atoms with Crippen molar-refractivity contribution in [2.75, 3.05) is 0 Å². The van der Waals surface area contributed by atoms with E-state index in [-0.39, 0.29) is 0 Å². The third kappa shape index (κ3) is 2.77. The zero-order valence-corrected chi connectivity index (χ0v) is 11.5. The van der Waals surface area contributed by atoms with Crippen molar-refractivity contribution in [1.82, 2.24) is 9.97 Å². The fraction of sp³-hybridized carbons (Fsp3) is 0.200. The average Bonchev–Trinajstić information content (AvgIpc) is 2.34. The Bertz CT molecular complexity index is 603. The Morgan fingerprint density at radius 3 is 2.28 bits per heavy atom. The van der Waals surface area contributed by atoms with Gasteiger partial charge in [0.15, 0.2) is 0 Å². The summed E-state index contributed by atoms with van der Waals surface area (Å²) in [4.78, 5) is 8.99. The Balaban J connectivity index is 2.35. The maximum absolute atomic E-state index is 6.10. The SMILES string of the molecule is Cc1nc(C)c(/C=C/c2ccccc2Cl)nc1C. The summed E-state index contributed by atoms with van der Waals surface area (Å²) in [5.74, 6) is 0. The quantitative estimate of drug-likeness (QED) is 0.806. The number of rotatable bonds is 2.